The molecule has 1 aromatic carbocycles. The lowest BCUT2D eigenvalue weighted by atomic mass is 10.00. The van der Waals surface area contributed by atoms with Crippen molar-refractivity contribution in [2.75, 3.05) is 26.3 Å². The lowest BCUT2D eigenvalue weighted by Crippen LogP contribution is -2.41. The second-order valence-electron chi connectivity index (χ2n) is 5.72. The number of benzene rings is 1. The van der Waals surface area contributed by atoms with Crippen LogP contribution in [0, 0.1) is 12.8 Å². The van der Waals surface area contributed by atoms with E-state index in [-0.39, 0.29) is 11.8 Å². The van der Waals surface area contributed by atoms with E-state index in [0.717, 1.165) is 30.6 Å². The molecule has 4 nitrogen and oxygen atoms in total. The standard InChI is InChI=1S/C17H25NO3/c1-3-18(17(20)15-5-4-10-21-12-15)11-16(19)14-8-6-13(2)7-9-14/h6-9,15-16,19H,3-5,10-12H2,1-2H3/t15-,16-/m0/s1. The molecule has 1 aliphatic rings. The van der Waals surface area contributed by atoms with Crippen LogP contribution in [-0.2, 0) is 9.53 Å². The molecule has 1 N–H and O–H groups in total. The lowest BCUT2D eigenvalue weighted by molar-refractivity contribution is -0.141. The van der Waals surface area contributed by atoms with E-state index in [0.29, 0.717) is 19.7 Å². The van der Waals surface area contributed by atoms with Crippen LogP contribution in [-0.4, -0.2) is 42.2 Å². The van der Waals surface area contributed by atoms with E-state index >= 15 is 0 Å². The molecule has 116 valence electrons. The molecule has 1 fully saturated rings. The molecule has 1 amide bonds. The van der Waals surface area contributed by atoms with Crippen molar-refractivity contribution in [2.45, 2.75) is 32.8 Å². The van der Waals surface area contributed by atoms with Crippen LogP contribution in [0.1, 0.15) is 37.0 Å². The molecule has 0 radical (unpaired) electrons. The molecule has 0 aliphatic carbocycles. The maximum absolute atomic E-state index is 12.5. The first-order valence-electron chi connectivity index (χ1n) is 7.73. The van der Waals surface area contributed by atoms with Gasteiger partial charge < -0.3 is 14.7 Å². The predicted molar refractivity (Wildman–Crippen MR) is 81.9 cm³/mol. The van der Waals surface area contributed by atoms with Gasteiger partial charge in [-0.15, -0.1) is 0 Å². The summed E-state index contributed by atoms with van der Waals surface area (Å²) in [6.45, 7) is 6.18. The average Bonchev–Trinajstić information content (AvgIpc) is 2.53. The first-order valence-corrected chi connectivity index (χ1v) is 7.73. The molecular weight excluding hydrogens is 266 g/mol. The summed E-state index contributed by atoms with van der Waals surface area (Å²) in [5, 5.41) is 10.3. The summed E-state index contributed by atoms with van der Waals surface area (Å²) in [5.41, 5.74) is 2.01. The largest absolute Gasteiger partial charge is 0.387 e. The molecule has 0 bridgehead atoms. The number of ether oxygens (including phenoxy) is 1. The smallest absolute Gasteiger partial charge is 0.228 e. The molecule has 1 saturated heterocycles. The van der Waals surface area contributed by atoms with Crippen LogP contribution in [0.4, 0.5) is 0 Å². The summed E-state index contributed by atoms with van der Waals surface area (Å²) in [6.07, 6.45) is 1.18. The normalized spacial score (nSPS) is 20.0. The Morgan fingerprint density at radius 3 is 2.71 bits per heavy atom. The molecule has 0 saturated carbocycles. The molecule has 1 heterocycles. The Morgan fingerprint density at radius 2 is 2.14 bits per heavy atom. The van der Waals surface area contributed by atoms with E-state index in [2.05, 4.69) is 0 Å². The van der Waals surface area contributed by atoms with Crippen LogP contribution >= 0.6 is 0 Å². The number of hydrogen-bond acceptors (Lipinski definition) is 3. The molecule has 0 unspecified atom stereocenters. The monoisotopic (exact) mass is 291 g/mol. The van der Waals surface area contributed by atoms with Crippen molar-refractivity contribution in [3.05, 3.63) is 35.4 Å². The van der Waals surface area contributed by atoms with Gasteiger partial charge in [-0.05, 0) is 32.3 Å². The predicted octanol–water partition coefficient (Wildman–Crippen LogP) is 2.30. The summed E-state index contributed by atoms with van der Waals surface area (Å²) in [6, 6.07) is 7.79. The number of aliphatic hydroxyl groups excluding tert-OH is 1. The van der Waals surface area contributed by atoms with E-state index in [1.165, 1.54) is 0 Å². The van der Waals surface area contributed by atoms with E-state index < -0.39 is 6.10 Å². The number of amides is 1. The third-order valence-electron chi connectivity index (χ3n) is 4.06. The Kier molecular flexibility index (Phi) is 5.76. The Balaban J connectivity index is 1.97. The zero-order chi connectivity index (χ0) is 15.2. The Bertz CT molecular complexity index is 452. The highest BCUT2D eigenvalue weighted by Gasteiger charge is 2.27. The zero-order valence-electron chi connectivity index (χ0n) is 12.9. The van der Waals surface area contributed by atoms with Gasteiger partial charge in [0, 0.05) is 13.2 Å². The van der Waals surface area contributed by atoms with Crippen molar-refractivity contribution in [2.24, 2.45) is 5.92 Å². The van der Waals surface area contributed by atoms with Gasteiger partial charge in [-0.1, -0.05) is 29.8 Å². The number of aliphatic hydroxyl groups is 1. The SMILES string of the molecule is CCN(C[C@H](O)c1ccc(C)cc1)C(=O)[C@H]1CCCOC1. The maximum Gasteiger partial charge on any atom is 0.228 e. The molecule has 4 heteroatoms. The third kappa shape index (κ3) is 4.29. The third-order valence-corrected chi connectivity index (χ3v) is 4.06. The van der Waals surface area contributed by atoms with E-state index in [9.17, 15) is 9.90 Å². The summed E-state index contributed by atoms with van der Waals surface area (Å²) in [4.78, 5) is 14.2. The second kappa shape index (κ2) is 7.57. The van der Waals surface area contributed by atoms with Crippen molar-refractivity contribution in [1.82, 2.24) is 4.90 Å². The average molecular weight is 291 g/mol. The fraction of sp³-hybridized carbons (Fsp3) is 0.588. The highest BCUT2D eigenvalue weighted by molar-refractivity contribution is 5.79. The lowest BCUT2D eigenvalue weighted by Gasteiger charge is -2.30. The number of aryl methyl sites for hydroxylation is 1. The van der Waals surface area contributed by atoms with E-state index in [4.69, 9.17) is 4.74 Å². The molecule has 2 rings (SSSR count). The Morgan fingerprint density at radius 1 is 1.43 bits per heavy atom. The summed E-state index contributed by atoms with van der Waals surface area (Å²) in [7, 11) is 0. The van der Waals surface area contributed by atoms with Crippen LogP contribution in [0.15, 0.2) is 24.3 Å². The van der Waals surface area contributed by atoms with E-state index in [1.807, 2.05) is 38.1 Å². The molecule has 0 spiro atoms. The van der Waals surface area contributed by atoms with Gasteiger partial charge in [0.15, 0.2) is 0 Å². The van der Waals surface area contributed by atoms with Gasteiger partial charge in [0.25, 0.3) is 0 Å². The molecule has 1 aliphatic heterocycles. The Hall–Kier alpha value is -1.39. The van der Waals surface area contributed by atoms with Crippen LogP contribution in [0.3, 0.4) is 0 Å². The fourth-order valence-corrected chi connectivity index (χ4v) is 2.67. The van der Waals surface area contributed by atoms with Crippen molar-refractivity contribution in [3.63, 3.8) is 0 Å². The van der Waals surface area contributed by atoms with Crippen molar-refractivity contribution in [1.29, 1.82) is 0 Å². The van der Waals surface area contributed by atoms with Gasteiger partial charge in [0.1, 0.15) is 0 Å². The fourth-order valence-electron chi connectivity index (χ4n) is 2.67. The molecular formula is C17H25NO3. The zero-order valence-corrected chi connectivity index (χ0v) is 12.9. The number of likely N-dealkylation sites (N-methyl/N-ethyl adjacent to an activating group) is 1. The second-order valence-corrected chi connectivity index (χ2v) is 5.72. The highest BCUT2D eigenvalue weighted by Crippen LogP contribution is 2.20. The topological polar surface area (TPSA) is 49.8 Å². The van der Waals surface area contributed by atoms with Gasteiger partial charge in [-0.25, -0.2) is 0 Å². The van der Waals surface area contributed by atoms with Gasteiger partial charge in [-0.2, -0.15) is 0 Å². The van der Waals surface area contributed by atoms with Crippen LogP contribution in [0.5, 0.6) is 0 Å². The minimum absolute atomic E-state index is 0.0519. The molecule has 1 aromatic rings. The van der Waals surface area contributed by atoms with Crippen molar-refractivity contribution >= 4 is 5.91 Å². The first kappa shape index (κ1) is 16.0. The highest BCUT2D eigenvalue weighted by atomic mass is 16.5. The van der Waals surface area contributed by atoms with Crippen molar-refractivity contribution in [3.8, 4) is 0 Å². The minimum atomic E-state index is -0.640. The summed E-state index contributed by atoms with van der Waals surface area (Å²) >= 11 is 0. The maximum atomic E-state index is 12.5. The first-order chi connectivity index (χ1) is 10.1. The molecule has 21 heavy (non-hydrogen) atoms. The quantitative estimate of drug-likeness (QED) is 0.905. The number of nitrogens with zero attached hydrogens (tertiary/aromatic N) is 1. The summed E-state index contributed by atoms with van der Waals surface area (Å²) < 4.78 is 5.39. The number of hydrogen-bond donors (Lipinski definition) is 1. The number of carbonyl (C=O) groups excluding carboxylic acids is 1. The molecule has 0 aromatic heterocycles. The minimum Gasteiger partial charge on any atom is -0.387 e. The van der Waals surface area contributed by atoms with Gasteiger partial charge in [0.2, 0.25) is 5.91 Å². The number of rotatable bonds is 5. The van der Waals surface area contributed by atoms with Crippen LogP contribution < -0.4 is 0 Å². The van der Waals surface area contributed by atoms with Crippen LogP contribution in [0.25, 0.3) is 0 Å². The molecule has 2 atom stereocenters. The van der Waals surface area contributed by atoms with Gasteiger partial charge >= 0.3 is 0 Å². The summed E-state index contributed by atoms with van der Waals surface area (Å²) in [5.74, 6) is 0.0484. The number of carbonyl (C=O) groups is 1. The van der Waals surface area contributed by atoms with E-state index in [1.54, 1.807) is 4.90 Å². The van der Waals surface area contributed by atoms with Crippen molar-refractivity contribution < 1.29 is 14.6 Å². The Labute approximate surface area is 126 Å². The van der Waals surface area contributed by atoms with Gasteiger partial charge in [0.05, 0.1) is 25.2 Å². The van der Waals surface area contributed by atoms with Crippen LogP contribution in [0.2, 0.25) is 0 Å². The van der Waals surface area contributed by atoms with Gasteiger partial charge in [-0.3, -0.25) is 4.79 Å².